The molecule has 1 unspecified atom stereocenters. The highest BCUT2D eigenvalue weighted by Gasteiger charge is 2.28. The van der Waals surface area contributed by atoms with Gasteiger partial charge in [-0.05, 0) is 48.2 Å². The normalized spacial score (nSPS) is 16.4. The standard InChI is InChI=1S/C18H19NO2/c1-19(17-12-9-13-5-3-4-6-16(13)17)18(20)14-7-10-15(21-2)11-8-14/h3-8,10-11,17H,9,12H2,1-2H3. The Hall–Kier alpha value is -2.29. The third-order valence-corrected chi connectivity index (χ3v) is 4.23. The summed E-state index contributed by atoms with van der Waals surface area (Å²) in [5, 5.41) is 0. The molecule has 0 N–H and O–H groups in total. The fourth-order valence-corrected chi connectivity index (χ4v) is 3.02. The van der Waals surface area contributed by atoms with Crippen molar-refractivity contribution in [3.63, 3.8) is 0 Å². The van der Waals surface area contributed by atoms with E-state index in [9.17, 15) is 4.79 Å². The van der Waals surface area contributed by atoms with Crippen LogP contribution in [0.5, 0.6) is 5.75 Å². The van der Waals surface area contributed by atoms with Crippen LogP contribution >= 0.6 is 0 Å². The van der Waals surface area contributed by atoms with E-state index in [1.54, 1.807) is 7.11 Å². The summed E-state index contributed by atoms with van der Waals surface area (Å²) in [6.07, 6.45) is 2.04. The summed E-state index contributed by atoms with van der Waals surface area (Å²) in [5.41, 5.74) is 3.33. The molecule has 3 nitrogen and oxygen atoms in total. The third kappa shape index (κ3) is 2.51. The van der Waals surface area contributed by atoms with Crippen molar-refractivity contribution in [1.29, 1.82) is 0 Å². The van der Waals surface area contributed by atoms with Crippen LogP contribution < -0.4 is 4.74 Å². The Balaban J connectivity index is 1.82. The number of benzene rings is 2. The van der Waals surface area contributed by atoms with E-state index in [-0.39, 0.29) is 11.9 Å². The van der Waals surface area contributed by atoms with Gasteiger partial charge in [-0.15, -0.1) is 0 Å². The van der Waals surface area contributed by atoms with Crippen molar-refractivity contribution in [1.82, 2.24) is 4.90 Å². The third-order valence-electron chi connectivity index (χ3n) is 4.23. The smallest absolute Gasteiger partial charge is 0.254 e. The molecule has 3 heteroatoms. The number of nitrogens with zero attached hydrogens (tertiary/aromatic N) is 1. The zero-order chi connectivity index (χ0) is 14.8. The zero-order valence-corrected chi connectivity index (χ0v) is 12.4. The van der Waals surface area contributed by atoms with Gasteiger partial charge in [0.15, 0.2) is 0 Å². The number of fused-ring (bicyclic) bond motifs is 1. The second kappa shape index (κ2) is 5.60. The Labute approximate surface area is 125 Å². The fourth-order valence-electron chi connectivity index (χ4n) is 3.02. The van der Waals surface area contributed by atoms with Crippen molar-refractivity contribution in [2.45, 2.75) is 18.9 Å². The number of methoxy groups -OCH3 is 1. The van der Waals surface area contributed by atoms with E-state index < -0.39 is 0 Å². The number of aryl methyl sites for hydroxylation is 1. The molecule has 1 amide bonds. The monoisotopic (exact) mass is 281 g/mol. The van der Waals surface area contributed by atoms with E-state index in [1.807, 2.05) is 42.3 Å². The highest BCUT2D eigenvalue weighted by Crippen LogP contribution is 2.35. The van der Waals surface area contributed by atoms with Gasteiger partial charge in [0.25, 0.3) is 5.91 Å². The Bertz CT molecular complexity index is 649. The van der Waals surface area contributed by atoms with E-state index in [2.05, 4.69) is 18.2 Å². The Morgan fingerprint density at radius 3 is 2.57 bits per heavy atom. The van der Waals surface area contributed by atoms with Crippen molar-refractivity contribution in [3.05, 3.63) is 65.2 Å². The van der Waals surface area contributed by atoms with Crippen LogP contribution in [0.2, 0.25) is 0 Å². The predicted octanol–water partition coefficient (Wildman–Crippen LogP) is 3.45. The van der Waals surface area contributed by atoms with E-state index in [4.69, 9.17) is 4.74 Å². The highest BCUT2D eigenvalue weighted by molar-refractivity contribution is 5.94. The summed E-state index contributed by atoms with van der Waals surface area (Å²) in [7, 11) is 3.51. The molecule has 2 aromatic rings. The number of hydrogen-bond acceptors (Lipinski definition) is 2. The Morgan fingerprint density at radius 2 is 1.86 bits per heavy atom. The SMILES string of the molecule is COc1ccc(C(=O)N(C)C2CCc3ccccc32)cc1. The van der Waals surface area contributed by atoms with Gasteiger partial charge in [0.05, 0.1) is 13.2 Å². The lowest BCUT2D eigenvalue weighted by Gasteiger charge is -2.25. The minimum atomic E-state index is 0.0550. The van der Waals surface area contributed by atoms with Crippen LogP contribution in [0.15, 0.2) is 48.5 Å². The van der Waals surface area contributed by atoms with Gasteiger partial charge in [0.1, 0.15) is 5.75 Å². The lowest BCUT2D eigenvalue weighted by molar-refractivity contribution is 0.0730. The average molecular weight is 281 g/mol. The molecule has 21 heavy (non-hydrogen) atoms. The fraction of sp³-hybridized carbons (Fsp3) is 0.278. The molecule has 0 aliphatic heterocycles. The average Bonchev–Trinajstić information content (AvgIpc) is 2.97. The van der Waals surface area contributed by atoms with Crippen LogP contribution in [-0.2, 0) is 6.42 Å². The maximum atomic E-state index is 12.6. The quantitative estimate of drug-likeness (QED) is 0.862. The summed E-state index contributed by atoms with van der Waals surface area (Å²) in [4.78, 5) is 14.5. The van der Waals surface area contributed by atoms with Crippen molar-refractivity contribution < 1.29 is 9.53 Å². The molecule has 3 rings (SSSR count). The summed E-state index contributed by atoms with van der Waals surface area (Å²) in [6.45, 7) is 0. The van der Waals surface area contributed by atoms with E-state index in [1.165, 1.54) is 11.1 Å². The van der Waals surface area contributed by atoms with Crippen molar-refractivity contribution >= 4 is 5.91 Å². The largest absolute Gasteiger partial charge is 0.497 e. The van der Waals surface area contributed by atoms with Crippen LogP contribution in [0.25, 0.3) is 0 Å². The molecular weight excluding hydrogens is 262 g/mol. The molecule has 0 heterocycles. The first-order valence-corrected chi connectivity index (χ1v) is 7.19. The van der Waals surface area contributed by atoms with Crippen molar-refractivity contribution in [2.24, 2.45) is 0 Å². The highest BCUT2D eigenvalue weighted by atomic mass is 16.5. The number of rotatable bonds is 3. The van der Waals surface area contributed by atoms with Gasteiger partial charge in [0.2, 0.25) is 0 Å². The number of amides is 1. The summed E-state index contributed by atoms with van der Waals surface area (Å²) < 4.78 is 5.13. The number of carbonyl (C=O) groups is 1. The molecule has 2 aromatic carbocycles. The molecule has 108 valence electrons. The minimum Gasteiger partial charge on any atom is -0.497 e. The van der Waals surface area contributed by atoms with Crippen molar-refractivity contribution in [2.75, 3.05) is 14.2 Å². The summed E-state index contributed by atoms with van der Waals surface area (Å²) >= 11 is 0. The van der Waals surface area contributed by atoms with E-state index in [0.717, 1.165) is 18.6 Å². The number of carbonyl (C=O) groups excluding carboxylic acids is 1. The van der Waals surface area contributed by atoms with Crippen LogP contribution in [0.3, 0.4) is 0 Å². The molecule has 0 bridgehead atoms. The number of hydrogen-bond donors (Lipinski definition) is 0. The molecular formula is C18H19NO2. The van der Waals surface area contributed by atoms with Gasteiger partial charge in [-0.25, -0.2) is 0 Å². The molecule has 0 spiro atoms. The van der Waals surface area contributed by atoms with Gasteiger partial charge in [-0.1, -0.05) is 24.3 Å². The van der Waals surface area contributed by atoms with Crippen molar-refractivity contribution in [3.8, 4) is 5.75 Å². The minimum absolute atomic E-state index is 0.0550. The number of ether oxygens (including phenoxy) is 1. The van der Waals surface area contributed by atoms with E-state index >= 15 is 0 Å². The van der Waals surface area contributed by atoms with Crippen LogP contribution in [0.4, 0.5) is 0 Å². The molecule has 0 saturated carbocycles. The molecule has 0 saturated heterocycles. The first-order valence-electron chi connectivity index (χ1n) is 7.19. The van der Waals surface area contributed by atoms with Gasteiger partial charge in [-0.3, -0.25) is 4.79 Å². The molecule has 1 aliphatic rings. The van der Waals surface area contributed by atoms with Crippen LogP contribution in [0.1, 0.15) is 33.9 Å². The topological polar surface area (TPSA) is 29.5 Å². The summed E-state index contributed by atoms with van der Waals surface area (Å²) in [6, 6.07) is 15.8. The van der Waals surface area contributed by atoms with Gasteiger partial charge < -0.3 is 9.64 Å². The molecule has 0 aromatic heterocycles. The molecule has 0 radical (unpaired) electrons. The Kier molecular flexibility index (Phi) is 3.65. The van der Waals surface area contributed by atoms with Gasteiger partial charge in [-0.2, -0.15) is 0 Å². The van der Waals surface area contributed by atoms with Crippen LogP contribution in [-0.4, -0.2) is 25.0 Å². The predicted molar refractivity (Wildman–Crippen MR) is 82.6 cm³/mol. The molecule has 0 fully saturated rings. The second-order valence-electron chi connectivity index (χ2n) is 5.40. The first kappa shape index (κ1) is 13.7. The van der Waals surface area contributed by atoms with Gasteiger partial charge >= 0.3 is 0 Å². The second-order valence-corrected chi connectivity index (χ2v) is 5.40. The maximum Gasteiger partial charge on any atom is 0.254 e. The molecule has 1 atom stereocenters. The Morgan fingerprint density at radius 1 is 1.14 bits per heavy atom. The van der Waals surface area contributed by atoms with E-state index in [0.29, 0.717) is 5.56 Å². The van der Waals surface area contributed by atoms with Crippen LogP contribution in [0, 0.1) is 0 Å². The van der Waals surface area contributed by atoms with Gasteiger partial charge in [0, 0.05) is 12.6 Å². The first-order chi connectivity index (χ1) is 10.2. The summed E-state index contributed by atoms with van der Waals surface area (Å²) in [5.74, 6) is 0.819. The molecule has 1 aliphatic carbocycles. The zero-order valence-electron chi connectivity index (χ0n) is 12.4. The maximum absolute atomic E-state index is 12.6. The lowest BCUT2D eigenvalue weighted by Crippen LogP contribution is -2.30. The lowest BCUT2D eigenvalue weighted by atomic mass is 10.1.